The summed E-state index contributed by atoms with van der Waals surface area (Å²) in [6, 6.07) is 14.8. The molecular weight excluding hydrogens is 292 g/mol. The fourth-order valence-corrected chi connectivity index (χ4v) is 2.08. The molecule has 3 N–H and O–H groups in total. The van der Waals surface area contributed by atoms with Crippen LogP contribution < -0.4 is 11.1 Å². The van der Waals surface area contributed by atoms with Gasteiger partial charge in [0.05, 0.1) is 5.56 Å². The van der Waals surface area contributed by atoms with Crippen LogP contribution in [0.25, 0.3) is 0 Å². The van der Waals surface area contributed by atoms with E-state index in [0.717, 1.165) is 10.0 Å². The zero-order valence-corrected chi connectivity index (χ0v) is 11.3. The first kappa shape index (κ1) is 12.6. The van der Waals surface area contributed by atoms with Crippen molar-refractivity contribution in [2.24, 2.45) is 0 Å². The van der Waals surface area contributed by atoms with Gasteiger partial charge < -0.3 is 11.1 Å². The third kappa shape index (κ3) is 2.90. The molecule has 3 nitrogen and oxygen atoms in total. The zero-order chi connectivity index (χ0) is 13.0. The summed E-state index contributed by atoms with van der Waals surface area (Å²) < 4.78 is 0.781. The summed E-state index contributed by atoms with van der Waals surface area (Å²) in [6.45, 7) is 0.423. The highest BCUT2D eigenvalue weighted by Gasteiger charge is 2.08. The standard InChI is InChI=1S/C14H13BrN2O/c15-12-7-3-2-6-11(12)14(18)17-9-10-5-1-4-8-13(10)16/h1-8H,9,16H2,(H,17,18). The fourth-order valence-electron chi connectivity index (χ4n) is 1.61. The van der Waals surface area contributed by atoms with Crippen molar-refractivity contribution in [2.45, 2.75) is 6.54 Å². The summed E-state index contributed by atoms with van der Waals surface area (Å²) in [5.74, 6) is -0.120. The number of anilines is 1. The molecule has 0 aromatic heterocycles. The van der Waals surface area contributed by atoms with Crippen molar-refractivity contribution in [2.75, 3.05) is 5.73 Å². The molecule has 92 valence electrons. The molecule has 2 rings (SSSR count). The number of rotatable bonds is 3. The van der Waals surface area contributed by atoms with Gasteiger partial charge in [-0.3, -0.25) is 4.79 Å². The van der Waals surface area contributed by atoms with Crippen molar-refractivity contribution in [1.29, 1.82) is 0 Å². The molecule has 0 radical (unpaired) electrons. The predicted molar refractivity (Wildman–Crippen MR) is 76.2 cm³/mol. The highest BCUT2D eigenvalue weighted by atomic mass is 79.9. The molecule has 0 bridgehead atoms. The Morgan fingerprint density at radius 3 is 2.50 bits per heavy atom. The van der Waals surface area contributed by atoms with Crippen molar-refractivity contribution in [3.05, 3.63) is 64.1 Å². The number of nitrogens with two attached hydrogens (primary N) is 1. The molecule has 0 saturated carbocycles. The second-order valence-electron chi connectivity index (χ2n) is 3.86. The van der Waals surface area contributed by atoms with E-state index in [4.69, 9.17) is 5.73 Å². The quantitative estimate of drug-likeness (QED) is 0.857. The van der Waals surface area contributed by atoms with Gasteiger partial charge in [0.1, 0.15) is 0 Å². The zero-order valence-electron chi connectivity index (χ0n) is 9.69. The van der Waals surface area contributed by atoms with Crippen LogP contribution in [0.15, 0.2) is 53.0 Å². The van der Waals surface area contributed by atoms with Gasteiger partial charge in [0.2, 0.25) is 0 Å². The fraction of sp³-hybridized carbons (Fsp3) is 0.0714. The summed E-state index contributed by atoms with van der Waals surface area (Å²) in [4.78, 5) is 12.0. The van der Waals surface area contributed by atoms with E-state index in [1.54, 1.807) is 6.07 Å². The third-order valence-corrected chi connectivity index (χ3v) is 3.30. The van der Waals surface area contributed by atoms with Crippen LogP contribution in [0.1, 0.15) is 15.9 Å². The number of amides is 1. The van der Waals surface area contributed by atoms with Crippen molar-refractivity contribution >= 4 is 27.5 Å². The van der Waals surface area contributed by atoms with Crippen LogP contribution in [0.2, 0.25) is 0 Å². The van der Waals surface area contributed by atoms with Gasteiger partial charge in [-0.1, -0.05) is 30.3 Å². The lowest BCUT2D eigenvalue weighted by Crippen LogP contribution is -2.23. The van der Waals surface area contributed by atoms with E-state index in [1.807, 2.05) is 42.5 Å². The molecule has 4 heteroatoms. The van der Waals surface area contributed by atoms with Gasteiger partial charge in [-0.05, 0) is 39.7 Å². The van der Waals surface area contributed by atoms with E-state index in [9.17, 15) is 4.79 Å². The predicted octanol–water partition coefficient (Wildman–Crippen LogP) is 2.96. The van der Waals surface area contributed by atoms with Gasteiger partial charge in [-0.15, -0.1) is 0 Å². The van der Waals surface area contributed by atoms with Crippen LogP contribution in [0.5, 0.6) is 0 Å². The molecule has 2 aromatic carbocycles. The lowest BCUT2D eigenvalue weighted by atomic mass is 10.1. The monoisotopic (exact) mass is 304 g/mol. The van der Waals surface area contributed by atoms with E-state index in [0.29, 0.717) is 17.8 Å². The van der Waals surface area contributed by atoms with Crippen LogP contribution in [-0.4, -0.2) is 5.91 Å². The van der Waals surface area contributed by atoms with Gasteiger partial charge in [-0.2, -0.15) is 0 Å². The van der Waals surface area contributed by atoms with Crippen molar-refractivity contribution in [1.82, 2.24) is 5.32 Å². The SMILES string of the molecule is Nc1ccccc1CNC(=O)c1ccccc1Br. The number of nitrogen functional groups attached to an aromatic ring is 1. The van der Waals surface area contributed by atoms with Crippen molar-refractivity contribution in [3.8, 4) is 0 Å². The number of halogens is 1. The highest BCUT2D eigenvalue weighted by Crippen LogP contribution is 2.16. The summed E-state index contributed by atoms with van der Waals surface area (Å²) in [5, 5.41) is 2.85. The molecule has 0 heterocycles. The molecule has 0 spiro atoms. The highest BCUT2D eigenvalue weighted by molar-refractivity contribution is 9.10. The number of benzene rings is 2. The second kappa shape index (κ2) is 5.69. The number of hydrogen-bond acceptors (Lipinski definition) is 2. The average molecular weight is 305 g/mol. The number of para-hydroxylation sites is 1. The Bertz CT molecular complexity index is 569. The van der Waals surface area contributed by atoms with Crippen LogP contribution in [0.3, 0.4) is 0 Å². The summed E-state index contributed by atoms with van der Waals surface area (Å²) in [6.07, 6.45) is 0. The smallest absolute Gasteiger partial charge is 0.252 e. The Labute approximate surface area is 114 Å². The van der Waals surface area contributed by atoms with Crippen LogP contribution >= 0.6 is 15.9 Å². The van der Waals surface area contributed by atoms with Gasteiger partial charge in [0, 0.05) is 16.7 Å². The van der Waals surface area contributed by atoms with E-state index in [1.165, 1.54) is 0 Å². The molecule has 0 aliphatic rings. The van der Waals surface area contributed by atoms with Gasteiger partial charge in [0.25, 0.3) is 5.91 Å². The Kier molecular flexibility index (Phi) is 3.99. The average Bonchev–Trinajstić information content (AvgIpc) is 2.38. The largest absolute Gasteiger partial charge is 0.398 e. The van der Waals surface area contributed by atoms with E-state index in [-0.39, 0.29) is 5.91 Å². The molecular formula is C14H13BrN2O. The molecule has 0 aliphatic heterocycles. The molecule has 0 unspecified atom stereocenters. The summed E-state index contributed by atoms with van der Waals surface area (Å²) >= 11 is 3.35. The van der Waals surface area contributed by atoms with Crippen LogP contribution in [0.4, 0.5) is 5.69 Å². The first-order valence-corrected chi connectivity index (χ1v) is 6.34. The lowest BCUT2D eigenvalue weighted by molar-refractivity contribution is 0.0950. The molecule has 0 saturated heterocycles. The maximum absolute atomic E-state index is 12.0. The summed E-state index contributed by atoms with van der Waals surface area (Å²) in [7, 11) is 0. The first-order valence-electron chi connectivity index (χ1n) is 5.54. The van der Waals surface area contributed by atoms with E-state index < -0.39 is 0 Å². The van der Waals surface area contributed by atoms with E-state index >= 15 is 0 Å². The van der Waals surface area contributed by atoms with Crippen LogP contribution in [-0.2, 0) is 6.54 Å². The van der Waals surface area contributed by atoms with Gasteiger partial charge in [0.15, 0.2) is 0 Å². The Hall–Kier alpha value is -1.81. The first-order chi connectivity index (χ1) is 8.68. The number of hydrogen-bond donors (Lipinski definition) is 2. The summed E-state index contributed by atoms with van der Waals surface area (Å²) in [5.41, 5.74) is 8.03. The lowest BCUT2D eigenvalue weighted by Gasteiger charge is -2.08. The minimum absolute atomic E-state index is 0.120. The van der Waals surface area contributed by atoms with Gasteiger partial charge >= 0.3 is 0 Å². The molecule has 0 aliphatic carbocycles. The Morgan fingerprint density at radius 1 is 1.11 bits per heavy atom. The second-order valence-corrected chi connectivity index (χ2v) is 4.72. The Balaban J connectivity index is 2.06. The number of carbonyl (C=O) groups is 1. The number of carbonyl (C=O) groups excluding carboxylic acids is 1. The van der Waals surface area contributed by atoms with Crippen molar-refractivity contribution in [3.63, 3.8) is 0 Å². The minimum Gasteiger partial charge on any atom is -0.398 e. The molecule has 0 atom stereocenters. The van der Waals surface area contributed by atoms with Crippen molar-refractivity contribution < 1.29 is 4.79 Å². The topological polar surface area (TPSA) is 55.1 Å². The van der Waals surface area contributed by atoms with E-state index in [2.05, 4.69) is 21.2 Å². The minimum atomic E-state index is -0.120. The van der Waals surface area contributed by atoms with Gasteiger partial charge in [-0.25, -0.2) is 0 Å². The normalized spacial score (nSPS) is 10.1. The molecule has 2 aromatic rings. The maximum Gasteiger partial charge on any atom is 0.252 e. The molecule has 1 amide bonds. The third-order valence-electron chi connectivity index (χ3n) is 2.61. The Morgan fingerprint density at radius 2 is 1.78 bits per heavy atom. The molecule has 18 heavy (non-hydrogen) atoms. The maximum atomic E-state index is 12.0. The molecule has 0 fully saturated rings. The number of nitrogens with one attached hydrogen (secondary N) is 1. The van der Waals surface area contributed by atoms with Crippen LogP contribution in [0, 0.1) is 0 Å².